The molecule has 5 nitrogen and oxygen atoms in total. The second-order valence-electron chi connectivity index (χ2n) is 10.6. The average molecular weight is 450 g/mol. The molecule has 0 unspecified atom stereocenters. The van der Waals surface area contributed by atoms with Crippen LogP contribution in [0.2, 0.25) is 0 Å². The molecule has 0 atom stereocenters. The van der Waals surface area contributed by atoms with E-state index < -0.39 is 5.41 Å². The summed E-state index contributed by atoms with van der Waals surface area (Å²) < 4.78 is 5.99. The van der Waals surface area contributed by atoms with Crippen LogP contribution in [0.15, 0.2) is 17.9 Å². The van der Waals surface area contributed by atoms with E-state index in [9.17, 15) is 14.4 Å². The number of piperidine rings is 1. The molecule has 1 heterocycles. The van der Waals surface area contributed by atoms with Crippen molar-refractivity contribution in [3.05, 3.63) is 40.1 Å². The van der Waals surface area contributed by atoms with Crippen LogP contribution in [0, 0.1) is 36.5 Å². The van der Waals surface area contributed by atoms with Crippen LogP contribution in [0.3, 0.4) is 0 Å². The molecule has 0 aromatic heterocycles. The number of likely N-dealkylation sites (tertiary alicyclic amines) is 1. The molecule has 1 amide bonds. The van der Waals surface area contributed by atoms with Crippen molar-refractivity contribution >= 4 is 23.2 Å². The van der Waals surface area contributed by atoms with Gasteiger partial charge in [-0.25, -0.2) is 0 Å². The molecule has 0 radical (unpaired) electrons. The second kappa shape index (κ2) is 9.17. The van der Waals surface area contributed by atoms with Crippen LogP contribution in [0.25, 0.3) is 5.57 Å². The zero-order valence-corrected chi connectivity index (χ0v) is 21.0. The van der Waals surface area contributed by atoms with Crippen molar-refractivity contribution in [1.29, 1.82) is 0 Å². The number of aryl methyl sites for hydroxylation is 2. The number of Topliss-reactive ketones (excluding diaryl/α,β-unsaturated/α-hetero) is 1. The van der Waals surface area contributed by atoms with Gasteiger partial charge in [0, 0.05) is 38.4 Å². The minimum atomic E-state index is -0.686. The Labute approximate surface area is 197 Å². The first-order valence-electron chi connectivity index (χ1n) is 11.7. The highest BCUT2D eigenvalue weighted by atomic mass is 16.5. The number of benzene rings is 1. The molecule has 1 fully saturated rings. The number of esters is 1. The fourth-order valence-electron chi connectivity index (χ4n) is 4.93. The zero-order chi connectivity index (χ0) is 24.6. The fraction of sp³-hybridized carbons (Fsp3) is 0.536. The van der Waals surface area contributed by atoms with Gasteiger partial charge in [0.15, 0.2) is 5.78 Å². The van der Waals surface area contributed by atoms with Crippen LogP contribution >= 0.6 is 0 Å². The molecule has 0 saturated carbocycles. The molecular formula is C28H35NO4. The molecule has 33 heavy (non-hydrogen) atoms. The number of carbonyl (C=O) groups is 3. The highest BCUT2D eigenvalue weighted by Gasteiger charge is 2.45. The molecule has 1 aromatic carbocycles. The van der Waals surface area contributed by atoms with E-state index >= 15 is 0 Å². The summed E-state index contributed by atoms with van der Waals surface area (Å²) in [6, 6.07) is 3.97. The zero-order valence-electron chi connectivity index (χ0n) is 21.0. The maximum atomic E-state index is 13.7. The molecule has 3 rings (SSSR count). The van der Waals surface area contributed by atoms with Crippen molar-refractivity contribution in [2.45, 2.75) is 74.1 Å². The number of rotatable bonds is 2. The monoisotopic (exact) mass is 449 g/mol. The van der Waals surface area contributed by atoms with Gasteiger partial charge in [-0.05, 0) is 88.6 Å². The number of ketones is 1. The van der Waals surface area contributed by atoms with Gasteiger partial charge in [-0.2, -0.15) is 0 Å². The molecule has 1 aromatic rings. The lowest BCUT2D eigenvalue weighted by atomic mass is 9.66. The highest BCUT2D eigenvalue weighted by Crippen LogP contribution is 2.49. The topological polar surface area (TPSA) is 63.7 Å². The predicted molar refractivity (Wildman–Crippen MR) is 129 cm³/mol. The number of hydrogen-bond donors (Lipinski definition) is 0. The van der Waals surface area contributed by atoms with Gasteiger partial charge in [0.25, 0.3) is 0 Å². The van der Waals surface area contributed by atoms with Crippen molar-refractivity contribution in [2.75, 3.05) is 13.1 Å². The average Bonchev–Trinajstić information content (AvgIpc) is 2.69. The summed E-state index contributed by atoms with van der Waals surface area (Å²) in [5.74, 6) is 6.21. The van der Waals surface area contributed by atoms with Crippen molar-refractivity contribution < 1.29 is 19.1 Å². The SMILES string of the molecule is CC#Cc1cc(C)c(C2=C(OC(=O)C(C)(C)C)CC3(CCN(C(C)=O)CC3)CC2=O)c(C)c1. The van der Waals surface area contributed by atoms with Gasteiger partial charge >= 0.3 is 5.97 Å². The molecule has 2 aliphatic rings. The van der Waals surface area contributed by atoms with E-state index in [0.717, 1.165) is 35.1 Å². The standard InChI is InChI=1S/C28H35NO4/c1-8-9-21-14-18(2)24(19(3)15-21)25-22(31)16-28(10-12-29(13-11-28)20(4)30)17-23(25)33-26(32)27(5,6)7/h14-15H,10-13,16-17H2,1-7H3. The molecule has 5 heteroatoms. The third kappa shape index (κ3) is 5.21. The van der Waals surface area contributed by atoms with E-state index in [1.165, 1.54) is 0 Å². The minimum Gasteiger partial charge on any atom is -0.430 e. The Balaban J connectivity index is 2.10. The third-order valence-corrected chi connectivity index (χ3v) is 6.78. The Morgan fingerprint density at radius 2 is 1.64 bits per heavy atom. The third-order valence-electron chi connectivity index (χ3n) is 6.78. The van der Waals surface area contributed by atoms with E-state index in [1.54, 1.807) is 13.8 Å². The largest absolute Gasteiger partial charge is 0.430 e. The quantitative estimate of drug-likeness (QED) is 0.473. The van der Waals surface area contributed by atoms with E-state index in [4.69, 9.17) is 4.74 Å². The Morgan fingerprint density at radius 1 is 1.06 bits per heavy atom. The Kier molecular flexibility index (Phi) is 6.88. The summed E-state index contributed by atoms with van der Waals surface area (Å²) in [5.41, 5.74) is 3.20. The Bertz CT molecular complexity index is 1060. The first-order chi connectivity index (χ1) is 15.4. The maximum absolute atomic E-state index is 13.7. The van der Waals surface area contributed by atoms with Crippen LogP contribution in [-0.2, 0) is 19.1 Å². The molecular weight excluding hydrogens is 414 g/mol. The number of allylic oxidation sites excluding steroid dienone is 2. The maximum Gasteiger partial charge on any atom is 0.316 e. The first kappa shape index (κ1) is 24.8. The first-order valence-corrected chi connectivity index (χ1v) is 11.7. The molecule has 1 aliphatic carbocycles. The summed E-state index contributed by atoms with van der Waals surface area (Å²) in [5, 5.41) is 0. The van der Waals surface area contributed by atoms with E-state index in [1.807, 2.05) is 51.7 Å². The number of amides is 1. The van der Waals surface area contributed by atoms with Crippen LogP contribution in [0.1, 0.15) is 82.6 Å². The summed E-state index contributed by atoms with van der Waals surface area (Å²) in [6.07, 6.45) is 2.38. The molecule has 1 saturated heterocycles. The van der Waals surface area contributed by atoms with E-state index in [0.29, 0.717) is 37.3 Å². The molecule has 0 N–H and O–H groups in total. The van der Waals surface area contributed by atoms with Crippen LogP contribution in [-0.4, -0.2) is 35.6 Å². The smallest absolute Gasteiger partial charge is 0.316 e. The van der Waals surface area contributed by atoms with Crippen LogP contribution in [0.5, 0.6) is 0 Å². The summed E-state index contributed by atoms with van der Waals surface area (Å²) in [4.78, 5) is 40.2. The highest BCUT2D eigenvalue weighted by molar-refractivity contribution is 6.23. The lowest BCUT2D eigenvalue weighted by Crippen LogP contribution is -2.45. The Hall–Kier alpha value is -2.87. The lowest BCUT2D eigenvalue weighted by Gasteiger charge is -2.44. The van der Waals surface area contributed by atoms with Crippen LogP contribution in [0.4, 0.5) is 0 Å². The van der Waals surface area contributed by atoms with E-state index in [-0.39, 0.29) is 23.1 Å². The van der Waals surface area contributed by atoms with Crippen LogP contribution < -0.4 is 0 Å². The van der Waals surface area contributed by atoms with Gasteiger partial charge in [0.05, 0.1) is 11.0 Å². The van der Waals surface area contributed by atoms with Gasteiger partial charge in [0.1, 0.15) is 5.76 Å². The van der Waals surface area contributed by atoms with Gasteiger partial charge in [-0.3, -0.25) is 14.4 Å². The van der Waals surface area contributed by atoms with E-state index in [2.05, 4.69) is 11.8 Å². The van der Waals surface area contributed by atoms with Gasteiger partial charge in [-0.15, -0.1) is 5.92 Å². The predicted octanol–water partition coefficient (Wildman–Crippen LogP) is 4.97. The van der Waals surface area contributed by atoms with Crippen molar-refractivity contribution in [2.24, 2.45) is 10.8 Å². The lowest BCUT2D eigenvalue weighted by molar-refractivity contribution is -0.149. The summed E-state index contributed by atoms with van der Waals surface area (Å²) in [7, 11) is 0. The molecule has 1 spiro atoms. The summed E-state index contributed by atoms with van der Waals surface area (Å²) in [6.45, 7) is 14.0. The number of nitrogens with zero attached hydrogens (tertiary/aromatic N) is 1. The number of ether oxygens (including phenoxy) is 1. The normalized spacial score (nSPS) is 18.2. The van der Waals surface area contributed by atoms with Crippen molar-refractivity contribution in [3.8, 4) is 11.8 Å². The molecule has 176 valence electrons. The fourth-order valence-corrected chi connectivity index (χ4v) is 4.93. The number of hydrogen-bond acceptors (Lipinski definition) is 4. The second-order valence-corrected chi connectivity index (χ2v) is 10.6. The minimum absolute atomic E-state index is 0.00904. The van der Waals surface area contributed by atoms with Gasteiger partial charge in [0.2, 0.25) is 5.91 Å². The van der Waals surface area contributed by atoms with Crippen molar-refractivity contribution in [1.82, 2.24) is 4.90 Å². The summed E-state index contributed by atoms with van der Waals surface area (Å²) >= 11 is 0. The molecule has 1 aliphatic heterocycles. The van der Waals surface area contributed by atoms with Crippen molar-refractivity contribution in [3.63, 3.8) is 0 Å². The van der Waals surface area contributed by atoms with Gasteiger partial charge in [-0.1, -0.05) is 5.92 Å². The number of carbonyl (C=O) groups excluding carboxylic acids is 3. The Morgan fingerprint density at radius 3 is 2.12 bits per heavy atom. The molecule has 0 bridgehead atoms. The van der Waals surface area contributed by atoms with Gasteiger partial charge < -0.3 is 9.64 Å².